The average Bonchev–Trinajstić information content (AvgIpc) is 2.85. The molecule has 1 heterocycles. The highest BCUT2D eigenvalue weighted by Gasteiger charge is 2.25. The molecule has 0 fully saturated rings. The lowest BCUT2D eigenvalue weighted by atomic mass is 9.89. The van der Waals surface area contributed by atoms with Crippen molar-refractivity contribution in [2.75, 3.05) is 13.1 Å². The summed E-state index contributed by atoms with van der Waals surface area (Å²) in [5, 5.41) is 0.651. The molecule has 0 saturated carbocycles. The van der Waals surface area contributed by atoms with Gasteiger partial charge in [-0.15, -0.1) is 0 Å². The number of aldehydes is 1. The van der Waals surface area contributed by atoms with E-state index in [1.54, 1.807) is 18.2 Å². The van der Waals surface area contributed by atoms with Gasteiger partial charge in [-0.05, 0) is 18.2 Å². The second kappa shape index (κ2) is 6.09. The largest absolute Gasteiger partial charge is 0.357 e. The van der Waals surface area contributed by atoms with Crippen LogP contribution in [0.2, 0.25) is 0 Å². The molecule has 126 valence electrons. The van der Waals surface area contributed by atoms with Crippen molar-refractivity contribution in [1.82, 2.24) is 9.29 Å². The summed E-state index contributed by atoms with van der Waals surface area (Å²) in [6, 6.07) is 4.92. The average molecular weight is 336 g/mol. The molecule has 0 unspecified atom stereocenters. The van der Waals surface area contributed by atoms with Gasteiger partial charge < -0.3 is 4.98 Å². The molecule has 0 aliphatic rings. The van der Waals surface area contributed by atoms with Crippen LogP contribution >= 0.6 is 0 Å². The molecule has 1 N–H and O–H groups in total. The number of fused-ring (bicyclic) bond motifs is 1. The van der Waals surface area contributed by atoms with Crippen molar-refractivity contribution in [3.63, 3.8) is 0 Å². The quantitative estimate of drug-likeness (QED) is 0.852. The van der Waals surface area contributed by atoms with E-state index in [2.05, 4.69) is 4.98 Å². The lowest BCUT2D eigenvalue weighted by molar-refractivity contribution is 0.112. The Morgan fingerprint density at radius 2 is 1.78 bits per heavy atom. The summed E-state index contributed by atoms with van der Waals surface area (Å²) in [6.07, 6.45) is 0.799. The van der Waals surface area contributed by atoms with Gasteiger partial charge in [-0.3, -0.25) is 4.79 Å². The second-order valence-corrected chi connectivity index (χ2v) is 8.52. The van der Waals surface area contributed by atoms with Crippen molar-refractivity contribution in [2.45, 2.75) is 44.9 Å². The smallest absolute Gasteiger partial charge is 0.243 e. The molecular formula is C17H24N2O3S. The highest BCUT2D eigenvalue weighted by Crippen LogP contribution is 2.32. The third-order valence-corrected chi connectivity index (χ3v) is 6.07. The standard InChI is InChI=1S/C17H24N2O3S/c1-6-19(7-2)23(21,22)12-8-9-15-13(10-12)14(11-20)16(18-15)17(3,4)5/h8-11,18H,6-7H2,1-5H3. The number of sulfonamides is 1. The molecule has 2 rings (SSSR count). The molecule has 1 aromatic heterocycles. The number of H-pyrrole nitrogens is 1. The number of hydrogen-bond donors (Lipinski definition) is 1. The molecule has 0 spiro atoms. The molecule has 0 bridgehead atoms. The van der Waals surface area contributed by atoms with Crippen LogP contribution in [0.4, 0.5) is 0 Å². The summed E-state index contributed by atoms with van der Waals surface area (Å²) in [7, 11) is -3.54. The molecule has 23 heavy (non-hydrogen) atoms. The van der Waals surface area contributed by atoms with E-state index in [1.807, 2.05) is 34.6 Å². The van der Waals surface area contributed by atoms with Crippen LogP contribution in [0.5, 0.6) is 0 Å². The van der Waals surface area contributed by atoms with Crippen LogP contribution in [-0.4, -0.2) is 37.1 Å². The fourth-order valence-corrected chi connectivity index (χ4v) is 4.26. The first-order valence-corrected chi connectivity index (χ1v) is 9.22. The van der Waals surface area contributed by atoms with Crippen LogP contribution in [-0.2, 0) is 15.4 Å². The van der Waals surface area contributed by atoms with Gasteiger partial charge in [-0.1, -0.05) is 34.6 Å². The molecule has 0 atom stereocenters. The van der Waals surface area contributed by atoms with E-state index in [0.29, 0.717) is 24.0 Å². The molecule has 0 radical (unpaired) electrons. The van der Waals surface area contributed by atoms with Crippen LogP contribution in [0.1, 0.15) is 50.7 Å². The zero-order chi connectivity index (χ0) is 17.4. The third-order valence-electron chi connectivity index (χ3n) is 4.02. The summed E-state index contributed by atoms with van der Waals surface area (Å²) < 4.78 is 26.7. The van der Waals surface area contributed by atoms with Gasteiger partial charge >= 0.3 is 0 Å². The monoisotopic (exact) mass is 336 g/mol. The Hall–Kier alpha value is -1.66. The number of aromatic amines is 1. The van der Waals surface area contributed by atoms with Crippen LogP contribution < -0.4 is 0 Å². The van der Waals surface area contributed by atoms with Gasteiger partial charge in [0.25, 0.3) is 0 Å². The summed E-state index contributed by atoms with van der Waals surface area (Å²) in [5.41, 5.74) is 1.90. The van der Waals surface area contributed by atoms with E-state index in [9.17, 15) is 13.2 Å². The van der Waals surface area contributed by atoms with Crippen LogP contribution in [0, 0.1) is 0 Å². The number of nitrogens with one attached hydrogen (secondary N) is 1. The number of rotatable bonds is 5. The topological polar surface area (TPSA) is 70.2 Å². The number of hydrogen-bond acceptors (Lipinski definition) is 3. The van der Waals surface area contributed by atoms with E-state index in [1.165, 1.54) is 4.31 Å². The molecule has 0 aliphatic heterocycles. The minimum atomic E-state index is -3.54. The maximum atomic E-state index is 12.7. The Morgan fingerprint density at radius 3 is 2.26 bits per heavy atom. The van der Waals surface area contributed by atoms with Gasteiger partial charge in [0.2, 0.25) is 10.0 Å². The molecular weight excluding hydrogens is 312 g/mol. The van der Waals surface area contributed by atoms with Gasteiger partial charge in [0.1, 0.15) is 0 Å². The predicted molar refractivity (Wildman–Crippen MR) is 92.5 cm³/mol. The first-order chi connectivity index (χ1) is 10.7. The van der Waals surface area contributed by atoms with E-state index >= 15 is 0 Å². The maximum absolute atomic E-state index is 12.7. The summed E-state index contributed by atoms with van der Waals surface area (Å²) >= 11 is 0. The Labute approximate surface area is 137 Å². The van der Waals surface area contributed by atoms with Crippen molar-refractivity contribution in [3.05, 3.63) is 29.5 Å². The molecule has 5 nitrogen and oxygen atoms in total. The zero-order valence-corrected chi connectivity index (χ0v) is 15.1. The van der Waals surface area contributed by atoms with Crippen molar-refractivity contribution >= 4 is 27.2 Å². The fraction of sp³-hybridized carbons (Fsp3) is 0.471. The molecule has 1 aromatic carbocycles. The van der Waals surface area contributed by atoms with Crippen LogP contribution in [0.3, 0.4) is 0 Å². The fourth-order valence-electron chi connectivity index (χ4n) is 2.78. The Balaban J connectivity index is 2.70. The second-order valence-electron chi connectivity index (χ2n) is 6.58. The third kappa shape index (κ3) is 3.05. The lowest BCUT2D eigenvalue weighted by Gasteiger charge is -2.18. The molecule has 0 aliphatic carbocycles. The van der Waals surface area contributed by atoms with Crippen LogP contribution in [0.15, 0.2) is 23.1 Å². The molecule has 0 amide bonds. The Bertz CT molecular complexity index is 825. The number of benzene rings is 1. The minimum absolute atomic E-state index is 0.219. The Kier molecular flexibility index (Phi) is 4.69. The van der Waals surface area contributed by atoms with Gasteiger partial charge in [-0.25, -0.2) is 8.42 Å². The van der Waals surface area contributed by atoms with E-state index in [-0.39, 0.29) is 10.3 Å². The van der Waals surface area contributed by atoms with Crippen molar-refractivity contribution in [1.29, 1.82) is 0 Å². The number of carbonyl (C=O) groups is 1. The van der Waals surface area contributed by atoms with E-state index in [0.717, 1.165) is 17.5 Å². The summed E-state index contributed by atoms with van der Waals surface area (Å²) in [5.74, 6) is 0. The zero-order valence-electron chi connectivity index (χ0n) is 14.3. The summed E-state index contributed by atoms with van der Waals surface area (Å²) in [4.78, 5) is 15.0. The van der Waals surface area contributed by atoms with Crippen LogP contribution in [0.25, 0.3) is 10.9 Å². The number of nitrogens with zero attached hydrogens (tertiary/aromatic N) is 1. The van der Waals surface area contributed by atoms with Gasteiger partial charge in [0, 0.05) is 40.7 Å². The van der Waals surface area contributed by atoms with Crippen molar-refractivity contribution in [2.24, 2.45) is 0 Å². The van der Waals surface area contributed by atoms with Crippen molar-refractivity contribution < 1.29 is 13.2 Å². The normalized spacial score (nSPS) is 13.0. The van der Waals surface area contributed by atoms with Gasteiger partial charge in [-0.2, -0.15) is 4.31 Å². The number of aromatic nitrogens is 1. The summed E-state index contributed by atoms with van der Waals surface area (Å²) in [6.45, 7) is 10.5. The van der Waals surface area contributed by atoms with Gasteiger partial charge in [0.05, 0.1) is 4.90 Å². The molecule has 2 aromatic rings. The molecule has 6 heteroatoms. The van der Waals surface area contributed by atoms with E-state index in [4.69, 9.17) is 0 Å². The highest BCUT2D eigenvalue weighted by molar-refractivity contribution is 7.89. The predicted octanol–water partition coefficient (Wildman–Crippen LogP) is 3.31. The molecule has 0 saturated heterocycles. The van der Waals surface area contributed by atoms with Gasteiger partial charge in [0.15, 0.2) is 6.29 Å². The highest BCUT2D eigenvalue weighted by atomic mass is 32.2. The SMILES string of the molecule is CCN(CC)S(=O)(=O)c1ccc2[nH]c(C(C)(C)C)c(C=O)c2c1. The van der Waals surface area contributed by atoms with E-state index < -0.39 is 10.0 Å². The lowest BCUT2D eigenvalue weighted by Crippen LogP contribution is -2.30. The first kappa shape index (κ1) is 17.7. The first-order valence-electron chi connectivity index (χ1n) is 7.78. The minimum Gasteiger partial charge on any atom is -0.357 e. The Morgan fingerprint density at radius 1 is 1.17 bits per heavy atom. The maximum Gasteiger partial charge on any atom is 0.243 e. The van der Waals surface area contributed by atoms with Crippen molar-refractivity contribution in [3.8, 4) is 0 Å². The number of carbonyl (C=O) groups excluding carboxylic acids is 1.